The lowest BCUT2D eigenvalue weighted by molar-refractivity contribution is 0.0950. The summed E-state index contributed by atoms with van der Waals surface area (Å²) in [4.78, 5) is 29.1. The molecule has 4 rings (SSSR count). The quantitative estimate of drug-likeness (QED) is 0.522. The molecule has 0 bridgehead atoms. The SMILES string of the molecule is O=C(NCc1cccnc1-n1cccn1)c1ccc(NC(=O)c2ccccc2)cc1. The van der Waals surface area contributed by atoms with Crippen LogP contribution in [0.1, 0.15) is 26.3 Å². The molecule has 30 heavy (non-hydrogen) atoms. The number of carbonyl (C=O) groups is 2. The molecule has 2 amide bonds. The Balaban J connectivity index is 1.39. The molecule has 148 valence electrons. The van der Waals surface area contributed by atoms with E-state index in [4.69, 9.17) is 0 Å². The molecule has 0 aliphatic rings. The Morgan fingerprint density at radius 2 is 1.57 bits per heavy atom. The number of anilines is 1. The van der Waals surface area contributed by atoms with Crippen LogP contribution in [-0.4, -0.2) is 26.6 Å². The van der Waals surface area contributed by atoms with Crippen molar-refractivity contribution in [3.8, 4) is 5.82 Å². The molecule has 2 aromatic heterocycles. The van der Waals surface area contributed by atoms with E-state index >= 15 is 0 Å². The summed E-state index contributed by atoms with van der Waals surface area (Å²) in [6.45, 7) is 0.314. The molecule has 7 nitrogen and oxygen atoms in total. The number of nitrogens with one attached hydrogen (secondary N) is 2. The maximum absolute atomic E-state index is 12.5. The average molecular weight is 397 g/mol. The fourth-order valence-electron chi connectivity index (χ4n) is 2.94. The van der Waals surface area contributed by atoms with Crippen LogP contribution in [0.4, 0.5) is 5.69 Å². The van der Waals surface area contributed by atoms with Crippen molar-refractivity contribution in [1.29, 1.82) is 0 Å². The highest BCUT2D eigenvalue weighted by molar-refractivity contribution is 6.04. The Morgan fingerprint density at radius 1 is 0.800 bits per heavy atom. The van der Waals surface area contributed by atoms with Gasteiger partial charge in [0.25, 0.3) is 11.8 Å². The Labute approximate surface area is 173 Å². The van der Waals surface area contributed by atoms with Crippen molar-refractivity contribution in [2.75, 3.05) is 5.32 Å². The molecular weight excluding hydrogens is 378 g/mol. The summed E-state index contributed by atoms with van der Waals surface area (Å²) in [6.07, 6.45) is 5.16. The van der Waals surface area contributed by atoms with Gasteiger partial charge >= 0.3 is 0 Å². The van der Waals surface area contributed by atoms with Gasteiger partial charge in [0, 0.05) is 47.5 Å². The highest BCUT2D eigenvalue weighted by atomic mass is 16.2. The Morgan fingerprint density at radius 3 is 2.30 bits per heavy atom. The number of hydrogen-bond acceptors (Lipinski definition) is 4. The molecule has 7 heteroatoms. The minimum atomic E-state index is -0.216. The maximum atomic E-state index is 12.5. The highest BCUT2D eigenvalue weighted by Gasteiger charge is 2.10. The van der Waals surface area contributed by atoms with Gasteiger partial charge in [-0.25, -0.2) is 9.67 Å². The lowest BCUT2D eigenvalue weighted by atomic mass is 10.1. The maximum Gasteiger partial charge on any atom is 0.255 e. The van der Waals surface area contributed by atoms with Gasteiger partial charge in [-0.1, -0.05) is 24.3 Å². The molecule has 0 aliphatic carbocycles. The normalized spacial score (nSPS) is 10.4. The second kappa shape index (κ2) is 8.83. The van der Waals surface area contributed by atoms with Crippen LogP contribution in [0.25, 0.3) is 5.82 Å². The number of aromatic nitrogens is 3. The molecule has 0 spiro atoms. The van der Waals surface area contributed by atoms with Crippen molar-refractivity contribution in [3.05, 3.63) is 108 Å². The van der Waals surface area contributed by atoms with E-state index in [1.54, 1.807) is 59.7 Å². The van der Waals surface area contributed by atoms with Crippen LogP contribution in [0.3, 0.4) is 0 Å². The molecule has 0 saturated carbocycles. The Kier molecular flexibility index (Phi) is 5.61. The fourth-order valence-corrected chi connectivity index (χ4v) is 2.94. The lowest BCUT2D eigenvalue weighted by Gasteiger charge is -2.10. The van der Waals surface area contributed by atoms with Crippen molar-refractivity contribution >= 4 is 17.5 Å². The number of nitrogens with zero attached hydrogens (tertiary/aromatic N) is 3. The summed E-state index contributed by atoms with van der Waals surface area (Å²) in [5.74, 6) is 0.253. The molecule has 0 unspecified atom stereocenters. The minimum Gasteiger partial charge on any atom is -0.348 e. The van der Waals surface area contributed by atoms with Crippen molar-refractivity contribution in [2.24, 2.45) is 0 Å². The van der Waals surface area contributed by atoms with E-state index in [2.05, 4.69) is 20.7 Å². The first-order chi connectivity index (χ1) is 14.7. The molecule has 2 heterocycles. The van der Waals surface area contributed by atoms with Crippen LogP contribution in [0.15, 0.2) is 91.4 Å². The van der Waals surface area contributed by atoms with E-state index in [1.165, 1.54) is 0 Å². The van der Waals surface area contributed by atoms with Gasteiger partial charge in [-0.05, 0) is 48.5 Å². The Hall–Kier alpha value is -4.26. The predicted octanol–water partition coefficient (Wildman–Crippen LogP) is 3.45. The van der Waals surface area contributed by atoms with E-state index in [-0.39, 0.29) is 11.8 Å². The van der Waals surface area contributed by atoms with E-state index in [9.17, 15) is 9.59 Å². The van der Waals surface area contributed by atoms with Crippen LogP contribution in [0, 0.1) is 0 Å². The van der Waals surface area contributed by atoms with Gasteiger partial charge in [-0.15, -0.1) is 0 Å². The number of carbonyl (C=O) groups excluding carboxylic acids is 2. The lowest BCUT2D eigenvalue weighted by Crippen LogP contribution is -2.24. The van der Waals surface area contributed by atoms with Gasteiger partial charge in [-0.2, -0.15) is 5.10 Å². The summed E-state index contributed by atoms with van der Waals surface area (Å²) in [7, 11) is 0. The van der Waals surface area contributed by atoms with Gasteiger partial charge in [0.15, 0.2) is 5.82 Å². The van der Waals surface area contributed by atoms with Crippen molar-refractivity contribution in [1.82, 2.24) is 20.1 Å². The molecule has 0 radical (unpaired) electrons. The van der Waals surface area contributed by atoms with Crippen LogP contribution >= 0.6 is 0 Å². The molecule has 0 saturated heterocycles. The summed E-state index contributed by atoms with van der Waals surface area (Å²) in [5, 5.41) is 9.91. The van der Waals surface area contributed by atoms with Gasteiger partial charge in [0.05, 0.1) is 0 Å². The summed E-state index contributed by atoms with van der Waals surface area (Å²) >= 11 is 0. The van der Waals surface area contributed by atoms with Crippen LogP contribution in [-0.2, 0) is 6.54 Å². The third kappa shape index (κ3) is 4.41. The van der Waals surface area contributed by atoms with E-state index in [1.807, 2.05) is 36.4 Å². The van der Waals surface area contributed by atoms with Crippen molar-refractivity contribution < 1.29 is 9.59 Å². The zero-order valence-corrected chi connectivity index (χ0v) is 16.0. The topological polar surface area (TPSA) is 88.9 Å². The number of hydrogen-bond donors (Lipinski definition) is 2. The van der Waals surface area contributed by atoms with Crippen LogP contribution in [0.2, 0.25) is 0 Å². The molecule has 0 fully saturated rings. The van der Waals surface area contributed by atoms with Gasteiger partial charge in [-0.3, -0.25) is 9.59 Å². The van der Waals surface area contributed by atoms with Gasteiger partial charge in [0.2, 0.25) is 0 Å². The number of rotatable bonds is 6. The molecule has 0 aliphatic heterocycles. The number of pyridine rings is 1. The van der Waals surface area contributed by atoms with E-state index in [0.29, 0.717) is 29.2 Å². The van der Waals surface area contributed by atoms with E-state index < -0.39 is 0 Å². The molecule has 0 atom stereocenters. The second-order valence-corrected chi connectivity index (χ2v) is 6.52. The first-order valence-corrected chi connectivity index (χ1v) is 9.39. The molecule has 2 N–H and O–H groups in total. The highest BCUT2D eigenvalue weighted by Crippen LogP contribution is 2.13. The van der Waals surface area contributed by atoms with E-state index in [0.717, 1.165) is 5.56 Å². The molecule has 2 aromatic carbocycles. The first-order valence-electron chi connectivity index (χ1n) is 9.39. The zero-order chi connectivity index (χ0) is 20.8. The van der Waals surface area contributed by atoms with Crippen LogP contribution < -0.4 is 10.6 Å². The summed E-state index contributed by atoms with van der Waals surface area (Å²) < 4.78 is 1.66. The smallest absolute Gasteiger partial charge is 0.255 e. The zero-order valence-electron chi connectivity index (χ0n) is 16.0. The van der Waals surface area contributed by atoms with Crippen LogP contribution in [0.5, 0.6) is 0 Å². The second-order valence-electron chi connectivity index (χ2n) is 6.52. The van der Waals surface area contributed by atoms with Crippen molar-refractivity contribution in [3.63, 3.8) is 0 Å². The van der Waals surface area contributed by atoms with Crippen molar-refractivity contribution in [2.45, 2.75) is 6.54 Å². The standard InChI is InChI=1S/C23H19N5O2/c29-22(25-16-19-8-4-13-24-21(19)28-15-5-14-26-28)18-9-11-20(12-10-18)27-23(30)17-6-2-1-3-7-17/h1-15H,16H2,(H,25,29)(H,27,30). The predicted molar refractivity (Wildman–Crippen MR) is 113 cm³/mol. The molecule has 4 aromatic rings. The third-order valence-electron chi connectivity index (χ3n) is 4.47. The Bertz CT molecular complexity index is 1140. The van der Waals surface area contributed by atoms with Gasteiger partial charge < -0.3 is 10.6 Å². The monoisotopic (exact) mass is 397 g/mol. The first kappa shape index (κ1) is 19.1. The molecular formula is C23H19N5O2. The largest absolute Gasteiger partial charge is 0.348 e. The average Bonchev–Trinajstić information content (AvgIpc) is 3.33. The summed E-state index contributed by atoms with van der Waals surface area (Å²) in [6, 6.07) is 21.2. The third-order valence-corrected chi connectivity index (χ3v) is 4.47. The number of amides is 2. The minimum absolute atomic E-state index is 0.199. The summed E-state index contributed by atoms with van der Waals surface area (Å²) in [5.41, 5.74) is 2.54. The number of benzene rings is 2. The fraction of sp³-hybridized carbons (Fsp3) is 0.0435. The van der Waals surface area contributed by atoms with Gasteiger partial charge in [0.1, 0.15) is 0 Å².